The van der Waals surface area contributed by atoms with Gasteiger partial charge in [-0.2, -0.15) is 0 Å². The molecular formula is C13H20N2. The molecule has 1 aromatic rings. The Balaban J connectivity index is 1.86. The maximum absolute atomic E-state index is 3.31. The number of hydrogen-bond donors (Lipinski definition) is 1. The van der Waals surface area contributed by atoms with E-state index in [0.29, 0.717) is 0 Å². The minimum Gasteiger partial charge on any atom is -0.378 e. The molecule has 15 heavy (non-hydrogen) atoms. The van der Waals surface area contributed by atoms with Crippen molar-refractivity contribution in [3.05, 3.63) is 29.8 Å². The molecule has 1 fully saturated rings. The van der Waals surface area contributed by atoms with Gasteiger partial charge in [0.05, 0.1) is 0 Å². The van der Waals surface area contributed by atoms with Crippen LogP contribution >= 0.6 is 0 Å². The predicted molar refractivity (Wildman–Crippen MR) is 65.4 cm³/mol. The van der Waals surface area contributed by atoms with Crippen molar-refractivity contribution in [1.82, 2.24) is 5.32 Å². The quantitative estimate of drug-likeness (QED) is 0.806. The second-order valence-electron chi connectivity index (χ2n) is 4.62. The molecule has 0 spiro atoms. The van der Waals surface area contributed by atoms with Crippen molar-refractivity contribution in [1.29, 1.82) is 0 Å². The van der Waals surface area contributed by atoms with Gasteiger partial charge in [-0.1, -0.05) is 12.1 Å². The number of rotatable bonds is 4. The van der Waals surface area contributed by atoms with Crippen LogP contribution in [0, 0.1) is 5.92 Å². The molecule has 82 valence electrons. The van der Waals surface area contributed by atoms with E-state index in [1.807, 2.05) is 0 Å². The van der Waals surface area contributed by atoms with Gasteiger partial charge in [0.15, 0.2) is 0 Å². The van der Waals surface area contributed by atoms with Crippen LogP contribution < -0.4 is 10.2 Å². The third-order valence-electron chi connectivity index (χ3n) is 3.16. The molecule has 0 unspecified atom stereocenters. The molecular weight excluding hydrogens is 184 g/mol. The van der Waals surface area contributed by atoms with E-state index < -0.39 is 0 Å². The molecule has 2 nitrogen and oxygen atoms in total. The number of nitrogens with one attached hydrogen (secondary N) is 1. The van der Waals surface area contributed by atoms with Gasteiger partial charge in [0, 0.05) is 19.8 Å². The smallest absolute Gasteiger partial charge is 0.0361 e. The highest BCUT2D eigenvalue weighted by molar-refractivity contribution is 5.45. The van der Waals surface area contributed by atoms with Crippen LogP contribution in [0.2, 0.25) is 0 Å². The molecule has 1 N–H and O–H groups in total. The molecule has 2 rings (SSSR count). The Kier molecular flexibility index (Phi) is 3.27. The fourth-order valence-electron chi connectivity index (χ4n) is 1.88. The first-order valence-corrected chi connectivity index (χ1v) is 5.72. The van der Waals surface area contributed by atoms with Crippen molar-refractivity contribution < 1.29 is 0 Å². The molecule has 0 atom stereocenters. The van der Waals surface area contributed by atoms with Crippen LogP contribution in [-0.2, 0) is 6.42 Å². The fourth-order valence-corrected chi connectivity index (χ4v) is 1.88. The highest BCUT2D eigenvalue weighted by Gasteiger charge is 2.15. The van der Waals surface area contributed by atoms with E-state index in [2.05, 4.69) is 48.6 Å². The normalized spacial score (nSPS) is 16.1. The second kappa shape index (κ2) is 4.67. The van der Waals surface area contributed by atoms with E-state index in [1.165, 1.54) is 37.2 Å². The fraction of sp³-hybridized carbons (Fsp3) is 0.538. The third-order valence-corrected chi connectivity index (χ3v) is 3.16. The first-order valence-electron chi connectivity index (χ1n) is 5.72. The maximum atomic E-state index is 3.31. The van der Waals surface area contributed by atoms with Crippen molar-refractivity contribution in [2.75, 3.05) is 32.1 Å². The lowest BCUT2D eigenvalue weighted by atomic mass is 9.95. The summed E-state index contributed by atoms with van der Waals surface area (Å²) in [5, 5.41) is 3.31. The Bertz CT molecular complexity index is 299. The monoisotopic (exact) mass is 204 g/mol. The molecule has 1 saturated heterocycles. The molecule has 0 aromatic heterocycles. The molecule has 1 aliphatic rings. The Morgan fingerprint density at radius 1 is 1.20 bits per heavy atom. The molecule has 1 aromatic carbocycles. The first kappa shape index (κ1) is 10.5. The summed E-state index contributed by atoms with van der Waals surface area (Å²) in [5.74, 6) is 0.915. The lowest BCUT2D eigenvalue weighted by molar-refractivity contribution is 0.328. The van der Waals surface area contributed by atoms with E-state index in [9.17, 15) is 0 Å². The van der Waals surface area contributed by atoms with Crippen LogP contribution in [0.4, 0.5) is 5.69 Å². The van der Waals surface area contributed by atoms with Crippen molar-refractivity contribution in [2.24, 2.45) is 5.92 Å². The lowest BCUT2D eigenvalue weighted by Gasteiger charge is -2.27. The third kappa shape index (κ3) is 2.72. The highest BCUT2D eigenvalue weighted by atomic mass is 15.1. The molecule has 1 aliphatic heterocycles. The summed E-state index contributed by atoms with van der Waals surface area (Å²) < 4.78 is 0. The number of benzene rings is 1. The van der Waals surface area contributed by atoms with E-state index >= 15 is 0 Å². The van der Waals surface area contributed by atoms with Gasteiger partial charge in [-0.25, -0.2) is 0 Å². The van der Waals surface area contributed by atoms with Gasteiger partial charge in [0.25, 0.3) is 0 Å². The average Bonchev–Trinajstić information content (AvgIpc) is 2.16. The number of aryl methyl sites for hydroxylation is 1. The van der Waals surface area contributed by atoms with Gasteiger partial charge < -0.3 is 10.2 Å². The van der Waals surface area contributed by atoms with Crippen LogP contribution in [0.3, 0.4) is 0 Å². The van der Waals surface area contributed by atoms with Gasteiger partial charge >= 0.3 is 0 Å². The van der Waals surface area contributed by atoms with E-state index in [-0.39, 0.29) is 0 Å². The van der Waals surface area contributed by atoms with Crippen molar-refractivity contribution >= 4 is 5.69 Å². The molecule has 0 amide bonds. The van der Waals surface area contributed by atoms with Crippen LogP contribution in [0.25, 0.3) is 0 Å². The Labute approximate surface area is 92.3 Å². The molecule has 0 bridgehead atoms. The van der Waals surface area contributed by atoms with Gasteiger partial charge in [0.2, 0.25) is 0 Å². The molecule has 0 saturated carbocycles. The van der Waals surface area contributed by atoms with Gasteiger partial charge in [-0.3, -0.25) is 0 Å². The second-order valence-corrected chi connectivity index (χ2v) is 4.62. The number of anilines is 1. The summed E-state index contributed by atoms with van der Waals surface area (Å²) in [4.78, 5) is 2.14. The Morgan fingerprint density at radius 2 is 1.87 bits per heavy atom. The topological polar surface area (TPSA) is 15.3 Å². The Morgan fingerprint density at radius 3 is 2.33 bits per heavy atom. The van der Waals surface area contributed by atoms with Crippen molar-refractivity contribution in [3.63, 3.8) is 0 Å². The van der Waals surface area contributed by atoms with Crippen molar-refractivity contribution in [2.45, 2.75) is 12.8 Å². The minimum atomic E-state index is 0.915. The standard InChI is InChI=1S/C13H20N2/c1-15(2)13-7-5-11(6-8-13)3-4-12-9-14-10-12/h5-8,12,14H,3-4,9-10H2,1-2H3. The predicted octanol–water partition coefficient (Wildman–Crippen LogP) is 1.90. The zero-order chi connectivity index (χ0) is 10.7. The summed E-state index contributed by atoms with van der Waals surface area (Å²) in [7, 11) is 4.16. The highest BCUT2D eigenvalue weighted by Crippen LogP contribution is 2.16. The van der Waals surface area contributed by atoms with Crippen LogP contribution in [0.1, 0.15) is 12.0 Å². The summed E-state index contributed by atoms with van der Waals surface area (Å²) >= 11 is 0. The van der Waals surface area contributed by atoms with E-state index in [0.717, 1.165) is 5.92 Å². The molecule has 0 aliphatic carbocycles. The minimum absolute atomic E-state index is 0.915. The lowest BCUT2D eigenvalue weighted by Crippen LogP contribution is -2.42. The van der Waals surface area contributed by atoms with Gasteiger partial charge in [0.1, 0.15) is 0 Å². The van der Waals surface area contributed by atoms with E-state index in [1.54, 1.807) is 0 Å². The first-order chi connectivity index (χ1) is 7.25. The number of nitrogens with zero attached hydrogens (tertiary/aromatic N) is 1. The summed E-state index contributed by atoms with van der Waals surface area (Å²) in [6.45, 7) is 2.44. The zero-order valence-corrected chi connectivity index (χ0v) is 9.66. The van der Waals surface area contributed by atoms with Crippen molar-refractivity contribution in [3.8, 4) is 0 Å². The summed E-state index contributed by atoms with van der Waals surface area (Å²) in [5.41, 5.74) is 2.75. The SMILES string of the molecule is CN(C)c1ccc(CCC2CNC2)cc1. The number of hydrogen-bond acceptors (Lipinski definition) is 2. The maximum Gasteiger partial charge on any atom is 0.0361 e. The molecule has 0 radical (unpaired) electrons. The average molecular weight is 204 g/mol. The largest absolute Gasteiger partial charge is 0.378 e. The van der Waals surface area contributed by atoms with Crippen LogP contribution in [0.5, 0.6) is 0 Å². The van der Waals surface area contributed by atoms with Gasteiger partial charge in [-0.15, -0.1) is 0 Å². The zero-order valence-electron chi connectivity index (χ0n) is 9.66. The molecule has 2 heteroatoms. The van der Waals surface area contributed by atoms with Crippen LogP contribution in [-0.4, -0.2) is 27.2 Å². The summed E-state index contributed by atoms with van der Waals surface area (Å²) in [6, 6.07) is 8.91. The van der Waals surface area contributed by atoms with E-state index in [4.69, 9.17) is 0 Å². The van der Waals surface area contributed by atoms with Gasteiger partial charge in [-0.05, 0) is 49.5 Å². The summed E-state index contributed by atoms with van der Waals surface area (Å²) in [6.07, 6.45) is 2.55. The van der Waals surface area contributed by atoms with Crippen LogP contribution in [0.15, 0.2) is 24.3 Å². The molecule has 1 heterocycles. The Hall–Kier alpha value is -1.02.